The lowest BCUT2D eigenvalue weighted by atomic mass is 9.96. The van der Waals surface area contributed by atoms with Crippen LogP contribution in [0.4, 0.5) is 10.5 Å². The van der Waals surface area contributed by atoms with Crippen LogP contribution in [0.3, 0.4) is 0 Å². The lowest BCUT2D eigenvalue weighted by molar-refractivity contribution is 0.00521. The Morgan fingerprint density at radius 3 is 2.58 bits per heavy atom. The van der Waals surface area contributed by atoms with Gasteiger partial charge in [0.2, 0.25) is 0 Å². The van der Waals surface area contributed by atoms with E-state index in [0.717, 1.165) is 5.56 Å². The first-order valence-electron chi connectivity index (χ1n) is 7.47. The van der Waals surface area contributed by atoms with Gasteiger partial charge in [0.05, 0.1) is 13.7 Å². The number of nitrogens with one attached hydrogen (secondary N) is 2. The van der Waals surface area contributed by atoms with E-state index >= 15 is 0 Å². The molecule has 2 aromatic rings. The van der Waals surface area contributed by atoms with Crippen molar-refractivity contribution in [1.29, 1.82) is 0 Å². The quantitative estimate of drug-likeness (QED) is 0.828. The molecule has 0 aliphatic heterocycles. The number of hydrogen-bond donors (Lipinski definition) is 2. The van der Waals surface area contributed by atoms with Crippen LogP contribution in [0, 0.1) is 0 Å². The van der Waals surface area contributed by atoms with Crippen LogP contribution >= 0.6 is 11.6 Å². The maximum Gasteiger partial charge on any atom is 0.319 e. The predicted octanol–water partition coefficient (Wildman–Crippen LogP) is 4.03. The van der Waals surface area contributed by atoms with Crippen molar-refractivity contribution in [3.63, 3.8) is 0 Å². The first-order chi connectivity index (χ1) is 11.5. The van der Waals surface area contributed by atoms with Crippen LogP contribution in [0.1, 0.15) is 12.5 Å². The van der Waals surface area contributed by atoms with E-state index in [1.165, 1.54) is 0 Å². The van der Waals surface area contributed by atoms with Gasteiger partial charge in [0.25, 0.3) is 0 Å². The first-order valence-corrected chi connectivity index (χ1v) is 7.85. The van der Waals surface area contributed by atoms with E-state index in [0.29, 0.717) is 23.0 Å². The molecule has 5 nitrogen and oxygen atoms in total. The molecule has 0 aliphatic rings. The summed E-state index contributed by atoms with van der Waals surface area (Å²) in [6.07, 6.45) is 0. The third kappa shape index (κ3) is 4.63. The summed E-state index contributed by atoms with van der Waals surface area (Å²) in [6, 6.07) is 14.2. The fourth-order valence-corrected chi connectivity index (χ4v) is 2.42. The third-order valence-corrected chi connectivity index (χ3v) is 4.03. The molecule has 128 valence electrons. The summed E-state index contributed by atoms with van der Waals surface area (Å²) in [5, 5.41) is 6.21. The van der Waals surface area contributed by atoms with Crippen molar-refractivity contribution < 1.29 is 14.3 Å². The smallest absolute Gasteiger partial charge is 0.319 e. The van der Waals surface area contributed by atoms with Crippen LogP contribution in [-0.2, 0) is 10.3 Å². The number of urea groups is 1. The van der Waals surface area contributed by atoms with E-state index in [9.17, 15) is 4.79 Å². The zero-order valence-electron chi connectivity index (χ0n) is 13.9. The van der Waals surface area contributed by atoms with E-state index < -0.39 is 5.60 Å². The molecule has 0 bridgehead atoms. The zero-order valence-corrected chi connectivity index (χ0v) is 14.7. The van der Waals surface area contributed by atoms with E-state index in [1.807, 2.05) is 31.2 Å². The summed E-state index contributed by atoms with van der Waals surface area (Å²) in [5.74, 6) is 0.674. The number of carbonyl (C=O) groups is 1. The van der Waals surface area contributed by atoms with Crippen LogP contribution < -0.4 is 15.4 Å². The molecular formula is C18H21ClN2O3. The second-order valence-corrected chi connectivity index (χ2v) is 5.92. The van der Waals surface area contributed by atoms with Crippen LogP contribution in [0.25, 0.3) is 0 Å². The summed E-state index contributed by atoms with van der Waals surface area (Å²) in [4.78, 5) is 12.1. The Labute approximate surface area is 146 Å². The Balaban J connectivity index is 2.00. The molecule has 0 aliphatic carbocycles. The monoisotopic (exact) mass is 348 g/mol. The molecule has 2 rings (SSSR count). The molecule has 0 aromatic heterocycles. The van der Waals surface area contributed by atoms with Gasteiger partial charge in [-0.25, -0.2) is 4.79 Å². The Morgan fingerprint density at radius 2 is 1.92 bits per heavy atom. The molecule has 0 saturated carbocycles. The highest BCUT2D eigenvalue weighted by Crippen LogP contribution is 2.26. The van der Waals surface area contributed by atoms with E-state index in [4.69, 9.17) is 21.1 Å². The fourth-order valence-electron chi connectivity index (χ4n) is 2.23. The molecule has 2 amide bonds. The van der Waals surface area contributed by atoms with Crippen LogP contribution in [0.2, 0.25) is 5.02 Å². The summed E-state index contributed by atoms with van der Waals surface area (Å²) < 4.78 is 10.7. The van der Waals surface area contributed by atoms with Gasteiger partial charge < -0.3 is 20.1 Å². The minimum atomic E-state index is -0.684. The number of anilines is 1. The maximum atomic E-state index is 12.1. The SMILES string of the molecule is COc1cccc(NC(=O)NCC(C)(OC)c2cccc(Cl)c2)c1. The largest absolute Gasteiger partial charge is 0.497 e. The van der Waals surface area contributed by atoms with Gasteiger partial charge in [0.1, 0.15) is 11.4 Å². The number of methoxy groups -OCH3 is 2. The second-order valence-electron chi connectivity index (χ2n) is 5.48. The van der Waals surface area contributed by atoms with Crippen molar-refractivity contribution in [2.45, 2.75) is 12.5 Å². The van der Waals surface area contributed by atoms with Gasteiger partial charge in [-0.1, -0.05) is 29.8 Å². The average Bonchev–Trinajstić information content (AvgIpc) is 2.60. The van der Waals surface area contributed by atoms with E-state index in [-0.39, 0.29) is 6.03 Å². The summed E-state index contributed by atoms with van der Waals surface area (Å²) >= 11 is 6.04. The molecule has 0 heterocycles. The molecule has 6 heteroatoms. The number of amides is 2. The number of halogens is 1. The van der Waals surface area contributed by atoms with Gasteiger partial charge in [-0.05, 0) is 36.8 Å². The van der Waals surface area contributed by atoms with Crippen molar-refractivity contribution in [3.05, 3.63) is 59.1 Å². The fraction of sp³-hybridized carbons (Fsp3) is 0.278. The van der Waals surface area contributed by atoms with Crippen LogP contribution in [-0.4, -0.2) is 26.8 Å². The molecule has 0 fully saturated rings. The van der Waals surface area contributed by atoms with Gasteiger partial charge in [-0.2, -0.15) is 0 Å². The van der Waals surface area contributed by atoms with Gasteiger partial charge >= 0.3 is 6.03 Å². The normalized spacial score (nSPS) is 13.0. The molecule has 24 heavy (non-hydrogen) atoms. The van der Waals surface area contributed by atoms with Crippen molar-refractivity contribution in [1.82, 2.24) is 5.32 Å². The summed E-state index contributed by atoms with van der Waals surface area (Å²) in [5.41, 5.74) is 0.851. The highest BCUT2D eigenvalue weighted by atomic mass is 35.5. The average molecular weight is 349 g/mol. The molecule has 0 saturated heterocycles. The Morgan fingerprint density at radius 1 is 1.17 bits per heavy atom. The van der Waals surface area contributed by atoms with Gasteiger partial charge in [-0.3, -0.25) is 0 Å². The number of ether oxygens (including phenoxy) is 2. The zero-order chi connectivity index (χ0) is 17.6. The number of benzene rings is 2. The predicted molar refractivity (Wildman–Crippen MR) is 95.8 cm³/mol. The van der Waals surface area contributed by atoms with Gasteiger partial charge in [-0.15, -0.1) is 0 Å². The number of rotatable bonds is 6. The molecular weight excluding hydrogens is 328 g/mol. The Kier molecular flexibility index (Phi) is 6.06. The van der Waals surface area contributed by atoms with Gasteiger partial charge in [0.15, 0.2) is 0 Å². The first kappa shape index (κ1) is 18.1. The second kappa shape index (κ2) is 8.04. The van der Waals surface area contributed by atoms with Crippen molar-refractivity contribution >= 4 is 23.3 Å². The van der Waals surface area contributed by atoms with Crippen molar-refractivity contribution in [2.24, 2.45) is 0 Å². The molecule has 2 N–H and O–H groups in total. The third-order valence-electron chi connectivity index (χ3n) is 3.80. The highest BCUT2D eigenvalue weighted by molar-refractivity contribution is 6.30. The van der Waals surface area contributed by atoms with Crippen molar-refractivity contribution in [2.75, 3.05) is 26.1 Å². The Hall–Kier alpha value is -2.24. The minimum Gasteiger partial charge on any atom is -0.497 e. The molecule has 0 radical (unpaired) electrons. The summed E-state index contributed by atoms with van der Waals surface area (Å²) in [6.45, 7) is 2.18. The lowest BCUT2D eigenvalue weighted by Crippen LogP contribution is -2.41. The highest BCUT2D eigenvalue weighted by Gasteiger charge is 2.27. The molecule has 2 aromatic carbocycles. The van der Waals surface area contributed by atoms with E-state index in [1.54, 1.807) is 38.5 Å². The summed E-state index contributed by atoms with van der Waals surface area (Å²) in [7, 11) is 3.18. The minimum absolute atomic E-state index is 0.291. The molecule has 1 atom stereocenters. The van der Waals surface area contributed by atoms with Crippen LogP contribution in [0.5, 0.6) is 5.75 Å². The molecule has 1 unspecified atom stereocenters. The van der Waals surface area contributed by atoms with Gasteiger partial charge in [0, 0.05) is 23.9 Å². The van der Waals surface area contributed by atoms with E-state index in [2.05, 4.69) is 10.6 Å². The Bertz CT molecular complexity index is 708. The topological polar surface area (TPSA) is 59.6 Å². The standard InChI is InChI=1S/C18H21ClN2O3/c1-18(24-3,13-6-4-7-14(19)10-13)12-20-17(22)21-15-8-5-9-16(11-15)23-2/h4-11H,12H2,1-3H3,(H2,20,21,22). The number of carbonyl (C=O) groups excluding carboxylic acids is 1. The van der Waals surface area contributed by atoms with Crippen LogP contribution in [0.15, 0.2) is 48.5 Å². The maximum absolute atomic E-state index is 12.1. The molecule has 0 spiro atoms. The number of hydrogen-bond acceptors (Lipinski definition) is 3. The van der Waals surface area contributed by atoms with Crippen molar-refractivity contribution in [3.8, 4) is 5.75 Å². The lowest BCUT2D eigenvalue weighted by Gasteiger charge is -2.29.